The Morgan fingerprint density at radius 3 is 2.37 bits per heavy atom. The van der Waals surface area contributed by atoms with Crippen molar-refractivity contribution in [1.82, 2.24) is 5.32 Å². The SMILES string of the molecule is CCNC(CC)c1ccc(N(CC)CCC#N)cc1. The van der Waals surface area contributed by atoms with Gasteiger partial charge in [0.1, 0.15) is 0 Å². The Balaban J connectivity index is 2.76. The molecule has 0 aliphatic carbocycles. The lowest BCUT2D eigenvalue weighted by molar-refractivity contribution is 0.537. The van der Waals surface area contributed by atoms with Crippen molar-refractivity contribution >= 4 is 5.69 Å². The highest BCUT2D eigenvalue weighted by molar-refractivity contribution is 5.48. The van der Waals surface area contributed by atoms with E-state index in [1.807, 2.05) is 0 Å². The van der Waals surface area contributed by atoms with Crippen molar-refractivity contribution in [1.29, 1.82) is 5.26 Å². The third-order valence-electron chi connectivity index (χ3n) is 3.39. The van der Waals surface area contributed by atoms with Gasteiger partial charge in [-0.15, -0.1) is 0 Å². The van der Waals surface area contributed by atoms with Gasteiger partial charge in [0, 0.05) is 24.8 Å². The molecule has 1 atom stereocenters. The summed E-state index contributed by atoms with van der Waals surface area (Å²) in [5.41, 5.74) is 2.54. The van der Waals surface area contributed by atoms with E-state index in [0.717, 1.165) is 26.1 Å². The van der Waals surface area contributed by atoms with E-state index in [9.17, 15) is 0 Å². The number of hydrogen-bond donors (Lipinski definition) is 1. The summed E-state index contributed by atoms with van der Waals surface area (Å²) in [4.78, 5) is 2.24. The van der Waals surface area contributed by atoms with Gasteiger partial charge >= 0.3 is 0 Å². The van der Waals surface area contributed by atoms with E-state index in [1.54, 1.807) is 0 Å². The molecule has 19 heavy (non-hydrogen) atoms. The second-order valence-corrected chi connectivity index (χ2v) is 4.60. The zero-order chi connectivity index (χ0) is 14.1. The first-order valence-electron chi connectivity index (χ1n) is 7.22. The highest BCUT2D eigenvalue weighted by Gasteiger charge is 2.09. The van der Waals surface area contributed by atoms with Crippen LogP contribution in [0.1, 0.15) is 45.2 Å². The summed E-state index contributed by atoms with van der Waals surface area (Å²) in [6, 6.07) is 11.4. The molecule has 0 aromatic heterocycles. The number of benzene rings is 1. The summed E-state index contributed by atoms with van der Waals surface area (Å²) in [5.74, 6) is 0. The van der Waals surface area contributed by atoms with Crippen molar-refractivity contribution in [2.75, 3.05) is 24.5 Å². The van der Waals surface area contributed by atoms with Gasteiger partial charge in [-0.3, -0.25) is 0 Å². The Morgan fingerprint density at radius 1 is 1.21 bits per heavy atom. The molecule has 0 aliphatic heterocycles. The highest BCUT2D eigenvalue weighted by Crippen LogP contribution is 2.21. The largest absolute Gasteiger partial charge is 0.371 e. The number of nitrogens with zero attached hydrogens (tertiary/aromatic N) is 2. The first kappa shape index (κ1) is 15.5. The van der Waals surface area contributed by atoms with E-state index in [1.165, 1.54) is 11.3 Å². The van der Waals surface area contributed by atoms with Crippen LogP contribution in [0.3, 0.4) is 0 Å². The van der Waals surface area contributed by atoms with Crippen molar-refractivity contribution in [2.45, 2.75) is 39.7 Å². The van der Waals surface area contributed by atoms with E-state index >= 15 is 0 Å². The predicted molar refractivity (Wildman–Crippen MR) is 81.3 cm³/mol. The standard InChI is InChI=1S/C16H25N3/c1-4-16(18-5-2)14-8-10-15(11-9-14)19(6-3)13-7-12-17/h8-11,16,18H,4-7,13H2,1-3H3. The molecule has 104 valence electrons. The third-order valence-corrected chi connectivity index (χ3v) is 3.39. The van der Waals surface area contributed by atoms with E-state index in [0.29, 0.717) is 12.5 Å². The molecule has 0 amide bonds. The zero-order valence-electron chi connectivity index (χ0n) is 12.3. The van der Waals surface area contributed by atoms with Crippen LogP contribution in [0.5, 0.6) is 0 Å². The summed E-state index contributed by atoms with van der Waals surface area (Å²) < 4.78 is 0. The Morgan fingerprint density at radius 2 is 1.89 bits per heavy atom. The fraction of sp³-hybridized carbons (Fsp3) is 0.562. The molecular weight excluding hydrogens is 234 g/mol. The smallest absolute Gasteiger partial charge is 0.0640 e. The van der Waals surface area contributed by atoms with Crippen molar-refractivity contribution in [3.63, 3.8) is 0 Å². The van der Waals surface area contributed by atoms with Crippen molar-refractivity contribution in [3.05, 3.63) is 29.8 Å². The quantitative estimate of drug-likeness (QED) is 0.776. The Hall–Kier alpha value is -1.53. The Labute approximate surface area is 117 Å². The molecule has 0 aliphatic rings. The van der Waals surface area contributed by atoms with Crippen LogP contribution in [-0.2, 0) is 0 Å². The van der Waals surface area contributed by atoms with Crippen LogP contribution in [0.25, 0.3) is 0 Å². The highest BCUT2D eigenvalue weighted by atomic mass is 15.1. The summed E-state index contributed by atoms with van der Waals surface area (Å²) >= 11 is 0. The minimum absolute atomic E-state index is 0.438. The van der Waals surface area contributed by atoms with Crippen LogP contribution in [0, 0.1) is 11.3 Å². The number of anilines is 1. The van der Waals surface area contributed by atoms with E-state index in [2.05, 4.69) is 61.3 Å². The molecule has 1 aromatic rings. The van der Waals surface area contributed by atoms with Crippen LogP contribution in [0.2, 0.25) is 0 Å². The van der Waals surface area contributed by atoms with Gasteiger partial charge in [-0.1, -0.05) is 26.0 Å². The van der Waals surface area contributed by atoms with Gasteiger partial charge < -0.3 is 10.2 Å². The summed E-state index contributed by atoms with van der Waals surface area (Å²) in [5, 5.41) is 12.2. The van der Waals surface area contributed by atoms with Crippen molar-refractivity contribution in [3.8, 4) is 6.07 Å². The maximum Gasteiger partial charge on any atom is 0.0640 e. The molecule has 3 heteroatoms. The lowest BCUT2D eigenvalue weighted by Gasteiger charge is -2.23. The van der Waals surface area contributed by atoms with E-state index < -0.39 is 0 Å². The molecule has 0 bridgehead atoms. The second kappa shape index (κ2) is 8.55. The van der Waals surface area contributed by atoms with Crippen LogP contribution in [-0.4, -0.2) is 19.6 Å². The summed E-state index contributed by atoms with van der Waals surface area (Å²) in [6.45, 7) is 9.19. The summed E-state index contributed by atoms with van der Waals surface area (Å²) in [6.07, 6.45) is 1.67. The molecule has 0 spiro atoms. The topological polar surface area (TPSA) is 39.1 Å². The minimum atomic E-state index is 0.438. The van der Waals surface area contributed by atoms with Crippen molar-refractivity contribution < 1.29 is 0 Å². The normalized spacial score (nSPS) is 11.9. The van der Waals surface area contributed by atoms with Gasteiger partial charge in [0.2, 0.25) is 0 Å². The molecule has 0 saturated heterocycles. The average Bonchev–Trinajstić information content (AvgIpc) is 2.46. The first-order valence-corrected chi connectivity index (χ1v) is 7.22. The molecule has 0 saturated carbocycles. The first-order chi connectivity index (χ1) is 9.26. The van der Waals surface area contributed by atoms with Gasteiger partial charge in [0.15, 0.2) is 0 Å². The molecule has 3 nitrogen and oxygen atoms in total. The van der Waals surface area contributed by atoms with Gasteiger partial charge in [-0.05, 0) is 37.6 Å². The monoisotopic (exact) mass is 259 g/mol. The Bertz CT molecular complexity index is 391. The molecule has 0 fully saturated rings. The molecular formula is C16H25N3. The molecule has 0 radical (unpaired) electrons. The lowest BCUT2D eigenvalue weighted by atomic mass is 10.0. The lowest BCUT2D eigenvalue weighted by Crippen LogP contribution is -2.24. The van der Waals surface area contributed by atoms with Crippen LogP contribution < -0.4 is 10.2 Å². The minimum Gasteiger partial charge on any atom is -0.371 e. The predicted octanol–water partition coefficient (Wildman–Crippen LogP) is 3.49. The zero-order valence-corrected chi connectivity index (χ0v) is 12.3. The Kier molecular flexibility index (Phi) is 6.99. The molecule has 1 aromatic carbocycles. The second-order valence-electron chi connectivity index (χ2n) is 4.60. The number of nitrogens with one attached hydrogen (secondary N) is 1. The van der Waals surface area contributed by atoms with Crippen LogP contribution >= 0.6 is 0 Å². The fourth-order valence-electron chi connectivity index (χ4n) is 2.32. The number of rotatable bonds is 8. The van der Waals surface area contributed by atoms with Crippen LogP contribution in [0.15, 0.2) is 24.3 Å². The maximum absolute atomic E-state index is 8.68. The van der Waals surface area contributed by atoms with E-state index in [-0.39, 0.29) is 0 Å². The van der Waals surface area contributed by atoms with Crippen molar-refractivity contribution in [2.24, 2.45) is 0 Å². The van der Waals surface area contributed by atoms with Gasteiger partial charge in [0.05, 0.1) is 12.5 Å². The van der Waals surface area contributed by atoms with Gasteiger partial charge in [-0.25, -0.2) is 0 Å². The molecule has 1 N–H and O–H groups in total. The molecule has 1 unspecified atom stereocenters. The molecule has 1 rings (SSSR count). The number of nitriles is 1. The van der Waals surface area contributed by atoms with Crippen LogP contribution in [0.4, 0.5) is 5.69 Å². The molecule has 0 heterocycles. The maximum atomic E-state index is 8.68. The average molecular weight is 259 g/mol. The fourth-order valence-corrected chi connectivity index (χ4v) is 2.32. The number of hydrogen-bond acceptors (Lipinski definition) is 3. The van der Waals surface area contributed by atoms with E-state index in [4.69, 9.17) is 5.26 Å². The van der Waals surface area contributed by atoms with Gasteiger partial charge in [0.25, 0.3) is 0 Å². The van der Waals surface area contributed by atoms with Gasteiger partial charge in [-0.2, -0.15) is 5.26 Å². The third kappa shape index (κ3) is 4.57. The summed E-state index contributed by atoms with van der Waals surface area (Å²) in [7, 11) is 0.